The number of carbonyl (C=O) groups is 1. The molecule has 148 valence electrons. The highest BCUT2D eigenvalue weighted by atomic mass is 32.2. The Kier molecular flexibility index (Phi) is 4.82. The first kappa shape index (κ1) is 18.9. The van der Waals surface area contributed by atoms with E-state index in [1.807, 2.05) is 4.90 Å². The van der Waals surface area contributed by atoms with Gasteiger partial charge in [-0.2, -0.15) is 0 Å². The highest BCUT2D eigenvalue weighted by molar-refractivity contribution is 7.92. The van der Waals surface area contributed by atoms with Gasteiger partial charge in [0.2, 0.25) is 0 Å². The monoisotopic (exact) mass is 406 g/mol. The summed E-state index contributed by atoms with van der Waals surface area (Å²) in [5.74, 6) is -1.79. The standard InChI is InChI=1S/C20H20F2N2O3S/c21-18-10-9-17(11-19(18)22)28(26,27)23-15-5-3-14(4-6-15)20(25)24(16-7-8-16)12-13-1-2-13/h3-6,9-11,13,16,23H,1-2,7-8,12H2. The molecule has 0 spiro atoms. The molecule has 2 fully saturated rings. The first-order valence-electron chi connectivity index (χ1n) is 9.22. The van der Waals surface area contributed by atoms with E-state index in [1.165, 1.54) is 25.0 Å². The molecule has 0 unspecified atom stereocenters. The van der Waals surface area contributed by atoms with Gasteiger partial charge in [0, 0.05) is 23.8 Å². The Morgan fingerprint density at radius 3 is 2.25 bits per heavy atom. The quantitative estimate of drug-likeness (QED) is 0.761. The van der Waals surface area contributed by atoms with Crippen molar-refractivity contribution < 1.29 is 22.0 Å². The summed E-state index contributed by atoms with van der Waals surface area (Å²) in [6.07, 6.45) is 4.40. The lowest BCUT2D eigenvalue weighted by Crippen LogP contribution is -2.34. The number of carbonyl (C=O) groups excluding carboxylic acids is 1. The lowest BCUT2D eigenvalue weighted by molar-refractivity contribution is 0.0735. The molecule has 0 radical (unpaired) electrons. The van der Waals surface area contributed by atoms with Crippen molar-refractivity contribution in [1.82, 2.24) is 4.90 Å². The largest absolute Gasteiger partial charge is 0.335 e. The second-order valence-corrected chi connectivity index (χ2v) is 9.07. The van der Waals surface area contributed by atoms with Gasteiger partial charge in [-0.3, -0.25) is 9.52 Å². The van der Waals surface area contributed by atoms with Crippen LogP contribution in [0.2, 0.25) is 0 Å². The van der Waals surface area contributed by atoms with Gasteiger partial charge in [-0.15, -0.1) is 0 Å². The Labute approximate surface area is 162 Å². The minimum atomic E-state index is -4.07. The average molecular weight is 406 g/mol. The molecule has 2 aromatic carbocycles. The summed E-state index contributed by atoms with van der Waals surface area (Å²) in [5, 5.41) is 0. The summed E-state index contributed by atoms with van der Waals surface area (Å²) < 4.78 is 53.3. The molecule has 2 aliphatic rings. The van der Waals surface area contributed by atoms with E-state index in [4.69, 9.17) is 0 Å². The van der Waals surface area contributed by atoms with Gasteiger partial charge in [-0.1, -0.05) is 0 Å². The Bertz CT molecular complexity index is 1000. The van der Waals surface area contributed by atoms with Crippen molar-refractivity contribution in [2.45, 2.75) is 36.6 Å². The van der Waals surface area contributed by atoms with Crippen molar-refractivity contribution in [3.63, 3.8) is 0 Å². The van der Waals surface area contributed by atoms with Crippen LogP contribution in [0.3, 0.4) is 0 Å². The van der Waals surface area contributed by atoms with E-state index in [1.54, 1.807) is 12.1 Å². The number of nitrogens with zero attached hydrogens (tertiary/aromatic N) is 1. The van der Waals surface area contributed by atoms with Crippen LogP contribution < -0.4 is 4.72 Å². The number of hydrogen-bond donors (Lipinski definition) is 1. The predicted octanol–water partition coefficient (Wildman–Crippen LogP) is 3.78. The fourth-order valence-electron chi connectivity index (χ4n) is 3.07. The van der Waals surface area contributed by atoms with E-state index < -0.39 is 21.7 Å². The van der Waals surface area contributed by atoms with Crippen LogP contribution in [0.25, 0.3) is 0 Å². The first-order chi connectivity index (χ1) is 13.3. The maximum absolute atomic E-state index is 13.3. The molecule has 0 aliphatic heterocycles. The van der Waals surface area contributed by atoms with Crippen LogP contribution in [0.15, 0.2) is 47.4 Å². The number of nitrogens with one attached hydrogen (secondary N) is 1. The lowest BCUT2D eigenvalue weighted by atomic mass is 10.1. The Morgan fingerprint density at radius 1 is 1.00 bits per heavy atom. The van der Waals surface area contributed by atoms with Crippen molar-refractivity contribution in [2.24, 2.45) is 5.92 Å². The molecule has 0 saturated heterocycles. The van der Waals surface area contributed by atoms with Gasteiger partial charge < -0.3 is 4.90 Å². The Morgan fingerprint density at radius 2 is 1.68 bits per heavy atom. The molecule has 0 bridgehead atoms. The smallest absolute Gasteiger partial charge is 0.261 e. The lowest BCUT2D eigenvalue weighted by Gasteiger charge is -2.22. The summed E-state index contributed by atoms with van der Waals surface area (Å²) in [4.78, 5) is 14.3. The van der Waals surface area contributed by atoms with Crippen molar-refractivity contribution in [3.05, 3.63) is 59.7 Å². The molecule has 2 aliphatic carbocycles. The van der Waals surface area contributed by atoms with E-state index in [-0.39, 0.29) is 16.5 Å². The second-order valence-electron chi connectivity index (χ2n) is 7.39. The summed E-state index contributed by atoms with van der Waals surface area (Å²) in [7, 11) is -4.07. The fraction of sp³-hybridized carbons (Fsp3) is 0.350. The van der Waals surface area contributed by atoms with E-state index in [0.717, 1.165) is 31.5 Å². The molecule has 8 heteroatoms. The number of benzene rings is 2. The number of sulfonamides is 1. The Hall–Kier alpha value is -2.48. The molecule has 5 nitrogen and oxygen atoms in total. The van der Waals surface area contributed by atoms with Crippen molar-refractivity contribution >= 4 is 21.6 Å². The van der Waals surface area contributed by atoms with Gasteiger partial charge in [0.15, 0.2) is 11.6 Å². The molecular weight excluding hydrogens is 386 g/mol. The molecule has 1 amide bonds. The van der Waals surface area contributed by atoms with Crippen LogP contribution in [0.4, 0.5) is 14.5 Å². The van der Waals surface area contributed by atoms with Crippen LogP contribution in [0, 0.1) is 17.6 Å². The van der Waals surface area contributed by atoms with E-state index >= 15 is 0 Å². The Balaban J connectivity index is 1.47. The van der Waals surface area contributed by atoms with Crippen LogP contribution in [-0.2, 0) is 10.0 Å². The number of anilines is 1. The summed E-state index contributed by atoms with van der Waals surface area (Å²) in [5.41, 5.74) is 0.741. The van der Waals surface area contributed by atoms with Gasteiger partial charge >= 0.3 is 0 Å². The van der Waals surface area contributed by atoms with Crippen molar-refractivity contribution in [1.29, 1.82) is 0 Å². The molecule has 2 aromatic rings. The molecule has 0 atom stereocenters. The predicted molar refractivity (Wildman–Crippen MR) is 100 cm³/mol. The maximum Gasteiger partial charge on any atom is 0.261 e. The maximum atomic E-state index is 13.3. The minimum absolute atomic E-state index is 0.0376. The zero-order valence-electron chi connectivity index (χ0n) is 15.1. The summed E-state index contributed by atoms with van der Waals surface area (Å²) in [6, 6.07) is 8.84. The number of hydrogen-bond acceptors (Lipinski definition) is 3. The molecule has 0 aromatic heterocycles. The first-order valence-corrected chi connectivity index (χ1v) is 10.7. The highest BCUT2D eigenvalue weighted by Gasteiger charge is 2.36. The molecule has 0 heterocycles. The minimum Gasteiger partial charge on any atom is -0.335 e. The van der Waals surface area contributed by atoms with Crippen molar-refractivity contribution in [2.75, 3.05) is 11.3 Å². The molecule has 2 saturated carbocycles. The van der Waals surface area contributed by atoms with Crippen molar-refractivity contribution in [3.8, 4) is 0 Å². The summed E-state index contributed by atoms with van der Waals surface area (Å²) >= 11 is 0. The average Bonchev–Trinajstić information content (AvgIpc) is 3.55. The van der Waals surface area contributed by atoms with E-state index in [9.17, 15) is 22.0 Å². The second kappa shape index (κ2) is 7.16. The number of halogens is 2. The fourth-order valence-corrected chi connectivity index (χ4v) is 4.14. The highest BCUT2D eigenvalue weighted by Crippen LogP contribution is 2.35. The summed E-state index contributed by atoms with van der Waals surface area (Å²) in [6.45, 7) is 0.786. The topological polar surface area (TPSA) is 66.5 Å². The number of amides is 1. The van der Waals surface area contributed by atoms with E-state index in [0.29, 0.717) is 23.6 Å². The number of rotatable bonds is 7. The third-order valence-corrected chi connectivity index (χ3v) is 6.36. The van der Waals surface area contributed by atoms with Gasteiger partial charge in [0.05, 0.1) is 4.90 Å². The van der Waals surface area contributed by atoms with Gasteiger partial charge in [0.1, 0.15) is 0 Å². The van der Waals surface area contributed by atoms with Gasteiger partial charge in [-0.25, -0.2) is 17.2 Å². The molecule has 4 rings (SSSR count). The van der Waals surface area contributed by atoms with Crippen LogP contribution >= 0.6 is 0 Å². The van der Waals surface area contributed by atoms with Crippen LogP contribution in [-0.4, -0.2) is 31.8 Å². The third kappa shape index (κ3) is 4.16. The normalized spacial score (nSPS) is 16.6. The molecule has 28 heavy (non-hydrogen) atoms. The van der Waals surface area contributed by atoms with Crippen LogP contribution in [0.1, 0.15) is 36.0 Å². The van der Waals surface area contributed by atoms with Gasteiger partial charge in [0.25, 0.3) is 15.9 Å². The zero-order valence-corrected chi connectivity index (χ0v) is 15.9. The SMILES string of the molecule is O=C(c1ccc(NS(=O)(=O)c2ccc(F)c(F)c2)cc1)N(CC1CC1)C1CC1. The van der Waals surface area contributed by atoms with E-state index in [2.05, 4.69) is 4.72 Å². The zero-order chi connectivity index (χ0) is 19.9. The third-order valence-electron chi connectivity index (χ3n) is 4.99. The molecular formula is C20H20F2N2O3S. The molecule has 1 N–H and O–H groups in total. The van der Waals surface area contributed by atoms with Gasteiger partial charge in [-0.05, 0) is 74.1 Å². The van der Waals surface area contributed by atoms with Crippen LogP contribution in [0.5, 0.6) is 0 Å².